The molecule has 0 aromatic carbocycles. The zero-order valence-corrected chi connectivity index (χ0v) is 10.6. The fraction of sp³-hybridized carbons (Fsp3) is 0.818. The maximum atomic E-state index is 12.2. The first-order valence-electron chi connectivity index (χ1n) is 5.88. The topological polar surface area (TPSA) is 84.7 Å². The molecule has 0 saturated carbocycles. The van der Waals surface area contributed by atoms with Crippen LogP contribution in [0.2, 0.25) is 0 Å². The molecule has 1 aliphatic heterocycles. The summed E-state index contributed by atoms with van der Waals surface area (Å²) in [6.45, 7) is 4.41. The van der Waals surface area contributed by atoms with E-state index >= 15 is 0 Å². The molecule has 0 bridgehead atoms. The molecule has 0 radical (unpaired) electrons. The van der Waals surface area contributed by atoms with Gasteiger partial charge in [-0.05, 0) is 18.8 Å². The van der Waals surface area contributed by atoms with Crippen LogP contribution in [0.5, 0.6) is 0 Å². The lowest BCUT2D eigenvalue weighted by Gasteiger charge is -2.28. The number of rotatable bonds is 3. The smallest absolute Gasteiger partial charge is 0.407 e. The van der Waals surface area contributed by atoms with E-state index in [1.54, 1.807) is 4.90 Å². The fourth-order valence-electron chi connectivity index (χ4n) is 1.94. The molecule has 0 aliphatic carbocycles. The molecule has 17 heavy (non-hydrogen) atoms. The molecule has 6 heteroatoms. The van der Waals surface area contributed by atoms with Crippen LogP contribution in [0.4, 0.5) is 4.79 Å². The molecule has 0 aromatic heterocycles. The van der Waals surface area contributed by atoms with E-state index in [4.69, 9.17) is 5.73 Å². The number of carbonyl (C=O) groups excluding carboxylic acids is 2. The van der Waals surface area contributed by atoms with Crippen molar-refractivity contribution in [3.05, 3.63) is 0 Å². The summed E-state index contributed by atoms with van der Waals surface area (Å²) in [5.74, 6) is -0.134. The van der Waals surface area contributed by atoms with E-state index in [1.165, 1.54) is 7.11 Å². The van der Waals surface area contributed by atoms with E-state index < -0.39 is 12.1 Å². The highest BCUT2D eigenvalue weighted by Crippen LogP contribution is 2.16. The van der Waals surface area contributed by atoms with E-state index in [0.29, 0.717) is 6.54 Å². The lowest BCUT2D eigenvalue weighted by atomic mass is 10.0. The summed E-state index contributed by atoms with van der Waals surface area (Å²) in [6, 6.07) is -0.577. The molecule has 98 valence electrons. The van der Waals surface area contributed by atoms with E-state index in [1.807, 2.05) is 13.8 Å². The number of ether oxygens (including phenoxy) is 1. The predicted octanol–water partition coefficient (Wildman–Crippen LogP) is 0.274. The number of hydrogen-bond donors (Lipinski definition) is 2. The van der Waals surface area contributed by atoms with Crippen molar-refractivity contribution in [3.8, 4) is 0 Å². The van der Waals surface area contributed by atoms with Crippen LogP contribution in [0, 0.1) is 5.92 Å². The second-order valence-corrected chi connectivity index (χ2v) is 4.60. The Bertz CT molecular complexity index is 294. The SMILES string of the molecule is COC(=O)N[C@@H](C(=O)N1CCC[C@H]1N)C(C)C. The minimum absolute atomic E-state index is 0.00519. The number of carbonyl (C=O) groups is 2. The number of nitrogens with zero attached hydrogens (tertiary/aromatic N) is 1. The van der Waals surface area contributed by atoms with Gasteiger partial charge in [-0.1, -0.05) is 13.8 Å². The Labute approximate surface area is 101 Å². The van der Waals surface area contributed by atoms with Crippen LogP contribution >= 0.6 is 0 Å². The van der Waals surface area contributed by atoms with Gasteiger partial charge >= 0.3 is 6.09 Å². The van der Waals surface area contributed by atoms with Crippen LogP contribution in [0.25, 0.3) is 0 Å². The third-order valence-corrected chi connectivity index (χ3v) is 2.97. The van der Waals surface area contributed by atoms with Crippen molar-refractivity contribution in [1.29, 1.82) is 0 Å². The summed E-state index contributed by atoms with van der Waals surface area (Å²) in [6.07, 6.45) is 0.901. The predicted molar refractivity (Wildman–Crippen MR) is 63.1 cm³/mol. The maximum Gasteiger partial charge on any atom is 0.407 e. The molecule has 0 aromatic rings. The van der Waals surface area contributed by atoms with Crippen molar-refractivity contribution in [2.45, 2.75) is 38.9 Å². The number of nitrogens with one attached hydrogen (secondary N) is 1. The molecule has 1 aliphatic rings. The van der Waals surface area contributed by atoms with Gasteiger partial charge in [-0.3, -0.25) is 4.79 Å². The Balaban J connectivity index is 2.69. The Hall–Kier alpha value is -1.30. The summed E-state index contributed by atoms with van der Waals surface area (Å²) < 4.78 is 4.52. The monoisotopic (exact) mass is 243 g/mol. The van der Waals surface area contributed by atoms with Gasteiger partial charge in [-0.15, -0.1) is 0 Å². The van der Waals surface area contributed by atoms with Crippen LogP contribution < -0.4 is 11.1 Å². The summed E-state index contributed by atoms with van der Waals surface area (Å²) in [4.78, 5) is 25.0. The van der Waals surface area contributed by atoms with Crippen molar-refractivity contribution in [1.82, 2.24) is 10.2 Å². The molecule has 2 amide bonds. The fourth-order valence-corrected chi connectivity index (χ4v) is 1.94. The van der Waals surface area contributed by atoms with Crippen molar-refractivity contribution in [2.75, 3.05) is 13.7 Å². The van der Waals surface area contributed by atoms with Crippen LogP contribution in [0.15, 0.2) is 0 Å². The van der Waals surface area contributed by atoms with Crippen molar-refractivity contribution in [3.63, 3.8) is 0 Å². The third-order valence-electron chi connectivity index (χ3n) is 2.97. The normalized spacial score (nSPS) is 21.5. The van der Waals surface area contributed by atoms with Crippen molar-refractivity contribution >= 4 is 12.0 Å². The lowest BCUT2D eigenvalue weighted by molar-refractivity contribution is -0.135. The largest absolute Gasteiger partial charge is 0.453 e. The number of nitrogens with two attached hydrogens (primary N) is 1. The number of alkyl carbamates (subject to hydrolysis) is 1. The van der Waals surface area contributed by atoms with Gasteiger partial charge < -0.3 is 20.7 Å². The highest BCUT2D eigenvalue weighted by molar-refractivity contribution is 5.86. The van der Waals surface area contributed by atoms with Crippen molar-refractivity contribution < 1.29 is 14.3 Å². The quantitative estimate of drug-likeness (QED) is 0.745. The summed E-state index contributed by atoms with van der Waals surface area (Å²) in [5.41, 5.74) is 5.84. The maximum absolute atomic E-state index is 12.2. The molecule has 0 unspecified atom stereocenters. The Morgan fingerprint density at radius 3 is 2.53 bits per heavy atom. The van der Waals surface area contributed by atoms with Crippen molar-refractivity contribution in [2.24, 2.45) is 11.7 Å². The van der Waals surface area contributed by atoms with Gasteiger partial charge in [0.25, 0.3) is 0 Å². The zero-order chi connectivity index (χ0) is 13.0. The van der Waals surface area contributed by atoms with E-state index in [9.17, 15) is 9.59 Å². The number of methoxy groups -OCH3 is 1. The molecule has 3 N–H and O–H groups in total. The molecule has 1 heterocycles. The number of likely N-dealkylation sites (tertiary alicyclic amines) is 1. The van der Waals surface area contributed by atoms with Gasteiger partial charge in [0, 0.05) is 6.54 Å². The van der Waals surface area contributed by atoms with Gasteiger partial charge in [-0.25, -0.2) is 4.79 Å². The Morgan fingerprint density at radius 2 is 2.12 bits per heavy atom. The van der Waals surface area contributed by atoms with E-state index in [2.05, 4.69) is 10.1 Å². The molecule has 0 spiro atoms. The first kappa shape index (κ1) is 13.8. The molecule has 1 saturated heterocycles. The Morgan fingerprint density at radius 1 is 1.47 bits per heavy atom. The van der Waals surface area contributed by atoms with Gasteiger partial charge in [0.05, 0.1) is 13.3 Å². The van der Waals surface area contributed by atoms with Gasteiger partial charge in [0.2, 0.25) is 5.91 Å². The van der Waals surface area contributed by atoms with Crippen LogP contribution in [0.3, 0.4) is 0 Å². The van der Waals surface area contributed by atoms with Gasteiger partial charge in [0.15, 0.2) is 0 Å². The second kappa shape index (κ2) is 5.86. The molecular weight excluding hydrogens is 222 g/mol. The van der Waals surface area contributed by atoms with Crippen LogP contribution in [-0.2, 0) is 9.53 Å². The van der Waals surface area contributed by atoms with Crippen LogP contribution in [0.1, 0.15) is 26.7 Å². The first-order chi connectivity index (χ1) is 7.97. The zero-order valence-electron chi connectivity index (χ0n) is 10.6. The van der Waals surface area contributed by atoms with E-state index in [-0.39, 0.29) is 18.0 Å². The van der Waals surface area contributed by atoms with Gasteiger partial charge in [-0.2, -0.15) is 0 Å². The molecule has 1 rings (SSSR count). The highest BCUT2D eigenvalue weighted by atomic mass is 16.5. The lowest BCUT2D eigenvalue weighted by Crippen LogP contribution is -2.54. The molecule has 6 nitrogen and oxygen atoms in total. The molecular formula is C11H21N3O3. The first-order valence-corrected chi connectivity index (χ1v) is 5.88. The minimum atomic E-state index is -0.593. The summed E-state index contributed by atoms with van der Waals surface area (Å²) in [7, 11) is 1.28. The molecule has 2 atom stereocenters. The molecule has 1 fully saturated rings. The standard InChI is InChI=1S/C11H21N3O3/c1-7(2)9(13-11(16)17-3)10(15)14-6-4-5-8(14)12/h7-9H,4-6,12H2,1-3H3,(H,13,16)/t8-,9+/m0/s1. The third kappa shape index (κ3) is 3.33. The average molecular weight is 243 g/mol. The highest BCUT2D eigenvalue weighted by Gasteiger charge is 2.33. The number of amides is 2. The summed E-state index contributed by atoms with van der Waals surface area (Å²) in [5, 5.41) is 2.56. The van der Waals surface area contributed by atoms with Gasteiger partial charge in [0.1, 0.15) is 6.04 Å². The second-order valence-electron chi connectivity index (χ2n) is 4.60. The Kier molecular flexibility index (Phi) is 4.74. The minimum Gasteiger partial charge on any atom is -0.453 e. The average Bonchev–Trinajstić information content (AvgIpc) is 2.70. The number of hydrogen-bond acceptors (Lipinski definition) is 4. The van der Waals surface area contributed by atoms with E-state index in [0.717, 1.165) is 12.8 Å². The summed E-state index contributed by atoms with van der Waals surface area (Å²) >= 11 is 0. The van der Waals surface area contributed by atoms with Crippen LogP contribution in [-0.4, -0.2) is 42.8 Å².